The van der Waals surface area contributed by atoms with Crippen molar-refractivity contribution < 1.29 is 0 Å². The smallest absolute Gasteiger partial charge is 0.0484 e. The van der Waals surface area contributed by atoms with Crippen LogP contribution in [0.25, 0.3) is 16.7 Å². The number of likely N-dealkylation sites (tertiary alicyclic amines) is 1. The Labute approximate surface area is 144 Å². The largest absolute Gasteiger partial charge is 0.300 e. The van der Waals surface area contributed by atoms with E-state index >= 15 is 0 Å². The van der Waals surface area contributed by atoms with E-state index in [0.29, 0.717) is 0 Å². The van der Waals surface area contributed by atoms with Crippen LogP contribution in [0, 0.1) is 0 Å². The molecule has 1 nitrogen and oxygen atoms in total. The van der Waals surface area contributed by atoms with E-state index in [0.717, 1.165) is 17.1 Å². The van der Waals surface area contributed by atoms with E-state index in [1.54, 1.807) is 0 Å². The lowest BCUT2D eigenvalue weighted by Gasteiger charge is -2.25. The SMILES string of the molecule is C/C(=C/CN1CCCCC1)c1ccc(-c2ccccc2Cl)cc1. The van der Waals surface area contributed by atoms with Crippen LogP contribution in [0.3, 0.4) is 0 Å². The maximum atomic E-state index is 6.28. The van der Waals surface area contributed by atoms with Crippen molar-refractivity contribution in [1.29, 1.82) is 0 Å². The molecule has 0 radical (unpaired) electrons. The van der Waals surface area contributed by atoms with E-state index in [4.69, 9.17) is 11.6 Å². The van der Waals surface area contributed by atoms with Crippen molar-refractivity contribution in [2.75, 3.05) is 19.6 Å². The first-order valence-corrected chi connectivity index (χ1v) is 8.86. The Bertz CT molecular complexity index is 666. The monoisotopic (exact) mass is 325 g/mol. The zero-order valence-electron chi connectivity index (χ0n) is 13.8. The lowest BCUT2D eigenvalue weighted by atomic mass is 10.0. The molecule has 0 unspecified atom stereocenters. The van der Waals surface area contributed by atoms with Crippen LogP contribution in [0.15, 0.2) is 54.6 Å². The third kappa shape index (κ3) is 4.25. The summed E-state index contributed by atoms with van der Waals surface area (Å²) in [7, 11) is 0. The predicted molar refractivity (Wildman–Crippen MR) is 101 cm³/mol. The van der Waals surface area contributed by atoms with Gasteiger partial charge in [-0.25, -0.2) is 0 Å². The Balaban J connectivity index is 1.70. The van der Waals surface area contributed by atoms with Gasteiger partial charge < -0.3 is 0 Å². The van der Waals surface area contributed by atoms with E-state index in [2.05, 4.69) is 48.2 Å². The van der Waals surface area contributed by atoms with Gasteiger partial charge in [-0.1, -0.05) is 66.6 Å². The molecule has 1 saturated heterocycles. The number of hydrogen-bond donors (Lipinski definition) is 0. The van der Waals surface area contributed by atoms with Gasteiger partial charge in [-0.15, -0.1) is 0 Å². The average Bonchev–Trinajstić information content (AvgIpc) is 2.61. The first-order chi connectivity index (χ1) is 11.2. The third-order valence-corrected chi connectivity index (χ3v) is 4.96. The molecule has 3 rings (SSSR count). The zero-order chi connectivity index (χ0) is 16.1. The van der Waals surface area contributed by atoms with Gasteiger partial charge in [0.1, 0.15) is 0 Å². The molecule has 0 bridgehead atoms. The molecule has 0 aromatic heterocycles. The van der Waals surface area contributed by atoms with Gasteiger partial charge in [0, 0.05) is 17.1 Å². The molecule has 1 aliphatic heterocycles. The number of piperidine rings is 1. The summed E-state index contributed by atoms with van der Waals surface area (Å²) in [6, 6.07) is 16.7. The summed E-state index contributed by atoms with van der Waals surface area (Å²) in [5.74, 6) is 0. The predicted octanol–water partition coefficient (Wildman–Crippen LogP) is 5.90. The minimum absolute atomic E-state index is 0.803. The molecule has 0 atom stereocenters. The fourth-order valence-corrected chi connectivity index (χ4v) is 3.38. The summed E-state index contributed by atoms with van der Waals surface area (Å²) in [4.78, 5) is 2.55. The molecule has 2 aromatic rings. The lowest BCUT2D eigenvalue weighted by molar-refractivity contribution is 0.251. The standard InChI is InChI=1S/C21H24ClN/c1-17(13-16-23-14-5-2-6-15-23)18-9-11-19(12-10-18)20-7-3-4-8-21(20)22/h3-4,7-13H,2,5-6,14-16H2,1H3/b17-13-. The van der Waals surface area contributed by atoms with E-state index < -0.39 is 0 Å². The molecule has 0 N–H and O–H groups in total. The second kappa shape index (κ2) is 7.81. The van der Waals surface area contributed by atoms with E-state index in [1.165, 1.54) is 49.1 Å². The van der Waals surface area contributed by atoms with Crippen LogP contribution in [0.4, 0.5) is 0 Å². The highest BCUT2D eigenvalue weighted by molar-refractivity contribution is 6.33. The van der Waals surface area contributed by atoms with Crippen LogP contribution in [0.5, 0.6) is 0 Å². The van der Waals surface area contributed by atoms with Crippen molar-refractivity contribution in [2.45, 2.75) is 26.2 Å². The lowest BCUT2D eigenvalue weighted by Crippen LogP contribution is -2.29. The molecular formula is C21H24ClN. The highest BCUT2D eigenvalue weighted by Crippen LogP contribution is 2.28. The molecule has 1 fully saturated rings. The van der Waals surface area contributed by atoms with Crippen LogP contribution in [-0.2, 0) is 0 Å². The number of benzene rings is 2. The number of rotatable bonds is 4. The maximum absolute atomic E-state index is 6.28. The van der Waals surface area contributed by atoms with Gasteiger partial charge in [-0.3, -0.25) is 4.90 Å². The summed E-state index contributed by atoms with van der Waals surface area (Å²) in [6.07, 6.45) is 6.44. The summed E-state index contributed by atoms with van der Waals surface area (Å²) in [5, 5.41) is 0.803. The van der Waals surface area contributed by atoms with Crippen molar-refractivity contribution in [2.24, 2.45) is 0 Å². The second-order valence-electron chi connectivity index (χ2n) is 6.31. The quantitative estimate of drug-likeness (QED) is 0.676. The molecule has 1 aliphatic rings. The molecule has 2 aromatic carbocycles. The number of nitrogens with zero attached hydrogens (tertiary/aromatic N) is 1. The minimum atomic E-state index is 0.803. The summed E-state index contributed by atoms with van der Waals surface area (Å²) < 4.78 is 0. The summed E-state index contributed by atoms with van der Waals surface area (Å²) in [5.41, 5.74) is 4.90. The van der Waals surface area contributed by atoms with Crippen molar-refractivity contribution in [3.8, 4) is 11.1 Å². The third-order valence-electron chi connectivity index (χ3n) is 4.63. The topological polar surface area (TPSA) is 3.24 Å². The summed E-state index contributed by atoms with van der Waals surface area (Å²) in [6.45, 7) is 5.76. The number of halogens is 1. The van der Waals surface area contributed by atoms with Gasteiger partial charge in [0.25, 0.3) is 0 Å². The van der Waals surface area contributed by atoms with E-state index in [9.17, 15) is 0 Å². The number of allylic oxidation sites excluding steroid dienone is 1. The van der Waals surface area contributed by atoms with Gasteiger partial charge in [0.2, 0.25) is 0 Å². The van der Waals surface area contributed by atoms with E-state index in [-0.39, 0.29) is 0 Å². The van der Waals surface area contributed by atoms with Crippen molar-refractivity contribution >= 4 is 17.2 Å². The van der Waals surface area contributed by atoms with Crippen LogP contribution < -0.4 is 0 Å². The number of hydrogen-bond acceptors (Lipinski definition) is 1. The first kappa shape index (κ1) is 16.3. The Kier molecular flexibility index (Phi) is 5.53. The fourth-order valence-electron chi connectivity index (χ4n) is 3.13. The minimum Gasteiger partial charge on any atom is -0.300 e. The zero-order valence-corrected chi connectivity index (χ0v) is 14.5. The maximum Gasteiger partial charge on any atom is 0.0484 e. The molecule has 0 aliphatic carbocycles. The second-order valence-corrected chi connectivity index (χ2v) is 6.71. The molecule has 120 valence electrons. The molecule has 2 heteroatoms. The molecular weight excluding hydrogens is 302 g/mol. The summed E-state index contributed by atoms with van der Waals surface area (Å²) >= 11 is 6.28. The highest BCUT2D eigenvalue weighted by atomic mass is 35.5. The van der Waals surface area contributed by atoms with E-state index in [1.807, 2.05) is 18.2 Å². The fraction of sp³-hybridized carbons (Fsp3) is 0.333. The van der Waals surface area contributed by atoms with Crippen molar-refractivity contribution in [1.82, 2.24) is 4.90 Å². The Morgan fingerprint density at radius 3 is 2.39 bits per heavy atom. The Hall–Kier alpha value is -1.57. The van der Waals surface area contributed by atoms with Crippen LogP contribution >= 0.6 is 11.6 Å². The highest BCUT2D eigenvalue weighted by Gasteiger charge is 2.08. The van der Waals surface area contributed by atoms with Crippen molar-refractivity contribution in [3.63, 3.8) is 0 Å². The molecule has 0 spiro atoms. The normalized spacial score (nSPS) is 16.5. The van der Waals surface area contributed by atoms with Crippen LogP contribution in [-0.4, -0.2) is 24.5 Å². The van der Waals surface area contributed by atoms with Gasteiger partial charge in [0.15, 0.2) is 0 Å². The molecule has 0 amide bonds. The van der Waals surface area contributed by atoms with Gasteiger partial charge in [0.05, 0.1) is 0 Å². The molecule has 23 heavy (non-hydrogen) atoms. The van der Waals surface area contributed by atoms with Crippen LogP contribution in [0.2, 0.25) is 5.02 Å². The Morgan fingerprint density at radius 2 is 1.70 bits per heavy atom. The van der Waals surface area contributed by atoms with Crippen LogP contribution in [0.1, 0.15) is 31.7 Å². The van der Waals surface area contributed by atoms with Gasteiger partial charge in [-0.2, -0.15) is 0 Å². The van der Waals surface area contributed by atoms with Gasteiger partial charge >= 0.3 is 0 Å². The molecule has 0 saturated carbocycles. The molecule has 1 heterocycles. The average molecular weight is 326 g/mol. The van der Waals surface area contributed by atoms with Gasteiger partial charge in [-0.05, 0) is 55.6 Å². The Morgan fingerprint density at radius 1 is 1.00 bits per heavy atom. The first-order valence-electron chi connectivity index (χ1n) is 8.48. The van der Waals surface area contributed by atoms with Crippen molar-refractivity contribution in [3.05, 3.63) is 65.2 Å².